The van der Waals surface area contributed by atoms with E-state index in [-0.39, 0.29) is 0 Å². The minimum Gasteiger partial charge on any atom is -0.380 e. The predicted molar refractivity (Wildman–Crippen MR) is 55.4 cm³/mol. The van der Waals surface area contributed by atoms with E-state index in [4.69, 9.17) is 4.74 Å². The van der Waals surface area contributed by atoms with Crippen LogP contribution in [0.2, 0.25) is 0 Å². The van der Waals surface area contributed by atoms with Gasteiger partial charge in [0.05, 0.1) is 13.2 Å². The topological polar surface area (TPSA) is 29.5 Å². The van der Waals surface area contributed by atoms with E-state index < -0.39 is 5.60 Å². The molecule has 1 aliphatic heterocycles. The summed E-state index contributed by atoms with van der Waals surface area (Å²) in [5.41, 5.74) is 3.94. The molecule has 1 fully saturated rings. The Hall–Kier alpha value is -0.860. The minimum atomic E-state index is -0.734. The maximum Gasteiger partial charge on any atom is 0.136 e. The number of rotatable bonds is 1. The molecule has 0 bridgehead atoms. The third-order valence-electron chi connectivity index (χ3n) is 3.02. The van der Waals surface area contributed by atoms with Crippen LogP contribution in [-0.4, -0.2) is 18.3 Å². The highest BCUT2D eigenvalue weighted by molar-refractivity contribution is 5.40. The van der Waals surface area contributed by atoms with Crippen molar-refractivity contribution in [3.8, 4) is 0 Å². The van der Waals surface area contributed by atoms with E-state index in [0.29, 0.717) is 13.2 Å². The molecule has 0 aromatic heterocycles. The van der Waals surface area contributed by atoms with Gasteiger partial charge in [-0.2, -0.15) is 0 Å². The molecular formula is C12H16O2. The molecule has 0 aliphatic carbocycles. The van der Waals surface area contributed by atoms with Gasteiger partial charge in [0.1, 0.15) is 5.60 Å². The quantitative estimate of drug-likeness (QED) is 0.735. The zero-order chi connectivity index (χ0) is 10.3. The van der Waals surface area contributed by atoms with Gasteiger partial charge in [0.2, 0.25) is 0 Å². The lowest BCUT2D eigenvalue weighted by Gasteiger charge is -2.38. The van der Waals surface area contributed by atoms with Crippen LogP contribution in [-0.2, 0) is 10.3 Å². The molecule has 1 heterocycles. The molecule has 2 nitrogen and oxygen atoms in total. The molecule has 2 heteroatoms. The van der Waals surface area contributed by atoms with Crippen LogP contribution in [0.3, 0.4) is 0 Å². The molecule has 0 saturated carbocycles. The molecule has 1 aliphatic rings. The van der Waals surface area contributed by atoms with Gasteiger partial charge in [-0.3, -0.25) is 0 Å². The molecule has 1 saturated heterocycles. The fourth-order valence-corrected chi connectivity index (χ4v) is 1.91. The number of ether oxygens (including phenoxy) is 1. The van der Waals surface area contributed by atoms with Crippen molar-refractivity contribution >= 4 is 0 Å². The van der Waals surface area contributed by atoms with Crippen LogP contribution in [0.15, 0.2) is 12.1 Å². The predicted octanol–water partition coefficient (Wildman–Crippen LogP) is 1.83. The van der Waals surface area contributed by atoms with Crippen LogP contribution in [0.4, 0.5) is 0 Å². The number of aryl methyl sites for hydroxylation is 3. The van der Waals surface area contributed by atoms with E-state index in [0.717, 1.165) is 11.1 Å². The molecule has 14 heavy (non-hydrogen) atoms. The lowest BCUT2D eigenvalue weighted by molar-refractivity contribution is -0.184. The molecule has 76 valence electrons. The van der Waals surface area contributed by atoms with Crippen molar-refractivity contribution in [3.05, 3.63) is 34.4 Å². The summed E-state index contributed by atoms with van der Waals surface area (Å²) in [6.07, 6.45) is 0. The van der Waals surface area contributed by atoms with E-state index in [2.05, 4.69) is 26.0 Å². The Kier molecular flexibility index (Phi) is 2.13. The maximum atomic E-state index is 10.2. The molecule has 0 atom stereocenters. The second-order valence-electron chi connectivity index (χ2n) is 4.28. The Morgan fingerprint density at radius 3 is 2.14 bits per heavy atom. The van der Waals surface area contributed by atoms with Crippen LogP contribution >= 0.6 is 0 Å². The van der Waals surface area contributed by atoms with Crippen LogP contribution < -0.4 is 0 Å². The van der Waals surface area contributed by atoms with Crippen LogP contribution in [0.1, 0.15) is 22.3 Å². The highest BCUT2D eigenvalue weighted by Crippen LogP contribution is 2.32. The Balaban J connectivity index is 2.48. The summed E-state index contributed by atoms with van der Waals surface area (Å²) in [7, 11) is 0. The van der Waals surface area contributed by atoms with Crippen molar-refractivity contribution in [2.75, 3.05) is 13.2 Å². The highest BCUT2D eigenvalue weighted by atomic mass is 16.5. The van der Waals surface area contributed by atoms with Gasteiger partial charge < -0.3 is 9.84 Å². The van der Waals surface area contributed by atoms with Gasteiger partial charge in [-0.05, 0) is 43.0 Å². The Labute approximate surface area is 84.5 Å². The lowest BCUT2D eigenvalue weighted by Crippen LogP contribution is -2.47. The first-order chi connectivity index (χ1) is 6.53. The highest BCUT2D eigenvalue weighted by Gasteiger charge is 2.39. The second kappa shape index (κ2) is 3.07. The monoisotopic (exact) mass is 192 g/mol. The first kappa shape index (κ1) is 9.69. The first-order valence-electron chi connectivity index (χ1n) is 4.91. The first-order valence-corrected chi connectivity index (χ1v) is 4.91. The van der Waals surface area contributed by atoms with E-state index in [1.165, 1.54) is 11.1 Å². The van der Waals surface area contributed by atoms with E-state index in [1.807, 2.05) is 6.92 Å². The summed E-state index contributed by atoms with van der Waals surface area (Å²) in [4.78, 5) is 0. The molecule has 0 amide bonds. The normalized spacial score (nSPS) is 19.1. The zero-order valence-corrected chi connectivity index (χ0v) is 8.92. The fourth-order valence-electron chi connectivity index (χ4n) is 1.91. The fraction of sp³-hybridized carbons (Fsp3) is 0.500. The van der Waals surface area contributed by atoms with Gasteiger partial charge in [-0.15, -0.1) is 0 Å². The van der Waals surface area contributed by atoms with Gasteiger partial charge in [0.25, 0.3) is 0 Å². The standard InChI is InChI=1S/C12H16O2/c1-8-4-10(3)11(5-9(8)2)12(13)6-14-7-12/h4-5,13H,6-7H2,1-3H3. The summed E-state index contributed by atoms with van der Waals surface area (Å²) in [5, 5.41) is 10.2. The molecule has 1 aromatic rings. The zero-order valence-electron chi connectivity index (χ0n) is 8.92. The smallest absolute Gasteiger partial charge is 0.136 e. The summed E-state index contributed by atoms with van der Waals surface area (Å²) < 4.78 is 5.07. The summed E-state index contributed by atoms with van der Waals surface area (Å²) in [5.74, 6) is 0. The number of benzene rings is 1. The Morgan fingerprint density at radius 1 is 1.07 bits per heavy atom. The van der Waals surface area contributed by atoms with Crippen LogP contribution in [0, 0.1) is 20.8 Å². The van der Waals surface area contributed by atoms with Crippen LogP contribution in [0.25, 0.3) is 0 Å². The van der Waals surface area contributed by atoms with Gasteiger partial charge in [-0.25, -0.2) is 0 Å². The largest absolute Gasteiger partial charge is 0.380 e. The minimum absolute atomic E-state index is 0.427. The van der Waals surface area contributed by atoms with Crippen molar-refractivity contribution < 1.29 is 9.84 Å². The number of hydrogen-bond donors (Lipinski definition) is 1. The average Bonchev–Trinajstić information content (AvgIpc) is 2.07. The Morgan fingerprint density at radius 2 is 1.64 bits per heavy atom. The van der Waals surface area contributed by atoms with E-state index in [1.54, 1.807) is 0 Å². The molecular weight excluding hydrogens is 176 g/mol. The summed E-state index contributed by atoms with van der Waals surface area (Å²) >= 11 is 0. The maximum absolute atomic E-state index is 10.2. The molecule has 1 aromatic carbocycles. The van der Waals surface area contributed by atoms with Crippen molar-refractivity contribution in [2.45, 2.75) is 26.4 Å². The van der Waals surface area contributed by atoms with Crippen molar-refractivity contribution in [3.63, 3.8) is 0 Å². The average molecular weight is 192 g/mol. The van der Waals surface area contributed by atoms with E-state index in [9.17, 15) is 5.11 Å². The number of hydrogen-bond acceptors (Lipinski definition) is 2. The van der Waals surface area contributed by atoms with Crippen molar-refractivity contribution in [2.24, 2.45) is 0 Å². The molecule has 2 rings (SSSR count). The Bertz CT molecular complexity index is 365. The van der Waals surface area contributed by atoms with Gasteiger partial charge in [-0.1, -0.05) is 12.1 Å². The van der Waals surface area contributed by atoms with Gasteiger partial charge >= 0.3 is 0 Å². The summed E-state index contributed by atoms with van der Waals surface area (Å²) in [6, 6.07) is 4.20. The molecule has 0 radical (unpaired) electrons. The van der Waals surface area contributed by atoms with Crippen LogP contribution in [0.5, 0.6) is 0 Å². The number of aliphatic hydroxyl groups is 1. The van der Waals surface area contributed by atoms with Crippen molar-refractivity contribution in [1.82, 2.24) is 0 Å². The molecule has 0 unspecified atom stereocenters. The van der Waals surface area contributed by atoms with Gasteiger partial charge in [0, 0.05) is 0 Å². The second-order valence-corrected chi connectivity index (χ2v) is 4.28. The van der Waals surface area contributed by atoms with Crippen molar-refractivity contribution in [1.29, 1.82) is 0 Å². The third kappa shape index (κ3) is 1.35. The summed E-state index contributed by atoms with van der Waals surface area (Å²) in [6.45, 7) is 7.05. The third-order valence-corrected chi connectivity index (χ3v) is 3.02. The van der Waals surface area contributed by atoms with E-state index >= 15 is 0 Å². The molecule has 1 N–H and O–H groups in total. The lowest BCUT2D eigenvalue weighted by atomic mass is 9.86. The van der Waals surface area contributed by atoms with Gasteiger partial charge in [0.15, 0.2) is 0 Å². The SMILES string of the molecule is Cc1cc(C)c(C2(O)COC2)cc1C. The molecule has 0 spiro atoms.